The van der Waals surface area contributed by atoms with Crippen molar-refractivity contribution >= 4 is 33.3 Å². The predicted molar refractivity (Wildman–Crippen MR) is 106 cm³/mol. The van der Waals surface area contributed by atoms with E-state index in [9.17, 15) is 0 Å². The van der Waals surface area contributed by atoms with Crippen LogP contribution in [0.1, 0.15) is 36.0 Å². The van der Waals surface area contributed by atoms with E-state index in [1.807, 2.05) is 6.07 Å². The van der Waals surface area contributed by atoms with Gasteiger partial charge in [-0.05, 0) is 56.0 Å². The fraction of sp³-hybridized carbons (Fsp3) is 0.474. The molecule has 4 rings (SSSR count). The molecule has 26 heavy (non-hydrogen) atoms. The SMILES string of the molecule is Cc1sc2nc(C[NH+]3CCC(C)CC3)nc(Sc3ncccn3)c2c1C. The van der Waals surface area contributed by atoms with Crippen molar-refractivity contribution in [3.8, 4) is 0 Å². The second-order valence-corrected chi connectivity index (χ2v) is 9.31. The van der Waals surface area contributed by atoms with Crippen LogP contribution in [-0.2, 0) is 6.54 Å². The van der Waals surface area contributed by atoms with Gasteiger partial charge < -0.3 is 4.90 Å². The molecule has 0 spiro atoms. The third-order valence-corrected chi connectivity index (χ3v) is 7.14. The molecule has 5 nitrogen and oxygen atoms in total. The molecule has 0 aromatic carbocycles. The summed E-state index contributed by atoms with van der Waals surface area (Å²) in [6.07, 6.45) is 6.15. The molecule has 0 radical (unpaired) electrons. The molecular weight excluding hydrogens is 362 g/mol. The van der Waals surface area contributed by atoms with Crippen LogP contribution in [0.2, 0.25) is 0 Å². The second-order valence-electron chi connectivity index (χ2n) is 7.15. The number of fused-ring (bicyclic) bond motifs is 1. The van der Waals surface area contributed by atoms with Gasteiger partial charge in [-0.2, -0.15) is 0 Å². The minimum absolute atomic E-state index is 0.737. The quantitative estimate of drug-likeness (QED) is 0.552. The van der Waals surface area contributed by atoms with Gasteiger partial charge in [-0.15, -0.1) is 11.3 Å². The van der Waals surface area contributed by atoms with Gasteiger partial charge in [0.1, 0.15) is 16.4 Å². The minimum Gasteiger partial charge on any atom is -0.329 e. The molecule has 1 N–H and O–H groups in total. The predicted octanol–water partition coefficient (Wildman–Crippen LogP) is 3.06. The van der Waals surface area contributed by atoms with Crippen molar-refractivity contribution in [2.45, 2.75) is 50.3 Å². The summed E-state index contributed by atoms with van der Waals surface area (Å²) in [6, 6.07) is 1.84. The summed E-state index contributed by atoms with van der Waals surface area (Å²) in [7, 11) is 0. The molecule has 7 heteroatoms. The molecule has 0 aliphatic carbocycles. The Hall–Kier alpha value is -1.57. The van der Waals surface area contributed by atoms with Gasteiger partial charge in [0, 0.05) is 22.7 Å². The Morgan fingerprint density at radius 3 is 2.62 bits per heavy atom. The molecule has 1 saturated heterocycles. The molecule has 3 aromatic heterocycles. The molecular formula is C19H24N5S2+. The van der Waals surface area contributed by atoms with Gasteiger partial charge in [0.15, 0.2) is 11.0 Å². The monoisotopic (exact) mass is 386 g/mol. The summed E-state index contributed by atoms with van der Waals surface area (Å²) < 4.78 is 0. The first-order valence-corrected chi connectivity index (χ1v) is 10.8. The van der Waals surface area contributed by atoms with Gasteiger partial charge in [-0.25, -0.2) is 19.9 Å². The first kappa shape index (κ1) is 17.8. The van der Waals surface area contributed by atoms with Gasteiger partial charge in [0.25, 0.3) is 0 Å². The van der Waals surface area contributed by atoms with Crippen LogP contribution in [-0.4, -0.2) is 33.0 Å². The van der Waals surface area contributed by atoms with E-state index in [1.54, 1.807) is 40.4 Å². The highest BCUT2D eigenvalue weighted by Gasteiger charge is 2.22. The third-order valence-electron chi connectivity index (χ3n) is 5.16. The van der Waals surface area contributed by atoms with Crippen molar-refractivity contribution in [1.82, 2.24) is 19.9 Å². The number of hydrogen-bond donors (Lipinski definition) is 1. The molecule has 0 amide bonds. The Morgan fingerprint density at radius 2 is 1.88 bits per heavy atom. The van der Waals surface area contributed by atoms with Gasteiger partial charge in [-0.1, -0.05) is 6.92 Å². The van der Waals surface area contributed by atoms with Crippen molar-refractivity contribution in [2.24, 2.45) is 5.92 Å². The number of quaternary nitrogens is 1. The number of aryl methyl sites for hydroxylation is 2. The standard InChI is InChI=1S/C19H23N5S2/c1-12-5-9-24(10-6-12)11-15-22-17-16(13(2)14(3)25-17)18(23-15)26-19-20-7-4-8-21-19/h4,7-8,12H,5-6,9-11H2,1-3H3/p+1. The highest BCUT2D eigenvalue weighted by Crippen LogP contribution is 2.36. The van der Waals surface area contributed by atoms with Gasteiger partial charge >= 0.3 is 0 Å². The number of thiophene rings is 1. The first-order chi connectivity index (χ1) is 12.6. The number of aromatic nitrogens is 4. The lowest BCUT2D eigenvalue weighted by Gasteiger charge is -2.26. The number of rotatable bonds is 4. The van der Waals surface area contributed by atoms with Gasteiger partial charge in [0.05, 0.1) is 13.1 Å². The van der Waals surface area contributed by atoms with E-state index in [-0.39, 0.29) is 0 Å². The lowest BCUT2D eigenvalue weighted by atomic mass is 9.99. The van der Waals surface area contributed by atoms with E-state index in [4.69, 9.17) is 9.97 Å². The molecule has 0 bridgehead atoms. The Bertz CT molecular complexity index is 901. The molecule has 3 aromatic rings. The molecule has 0 saturated carbocycles. The summed E-state index contributed by atoms with van der Waals surface area (Å²) in [5, 5.41) is 2.89. The van der Waals surface area contributed by atoms with E-state index in [0.717, 1.165) is 38.7 Å². The van der Waals surface area contributed by atoms with Crippen molar-refractivity contribution in [3.05, 3.63) is 34.7 Å². The van der Waals surface area contributed by atoms with Crippen LogP contribution in [0.4, 0.5) is 0 Å². The Balaban J connectivity index is 1.68. The zero-order valence-corrected chi connectivity index (χ0v) is 17.1. The molecule has 136 valence electrons. The number of nitrogens with zero attached hydrogens (tertiary/aromatic N) is 4. The fourth-order valence-corrected chi connectivity index (χ4v) is 5.42. The Kier molecular flexibility index (Phi) is 5.20. The summed E-state index contributed by atoms with van der Waals surface area (Å²) in [5.74, 6) is 1.80. The maximum absolute atomic E-state index is 4.94. The Labute approximate surface area is 162 Å². The first-order valence-electron chi connectivity index (χ1n) is 9.15. The van der Waals surface area contributed by atoms with E-state index >= 15 is 0 Å². The van der Waals surface area contributed by atoms with Gasteiger partial charge in [-0.3, -0.25) is 0 Å². The molecule has 0 atom stereocenters. The minimum atomic E-state index is 0.737. The van der Waals surface area contributed by atoms with Gasteiger partial charge in [0.2, 0.25) is 0 Å². The smallest absolute Gasteiger partial charge is 0.193 e. The summed E-state index contributed by atoms with van der Waals surface area (Å²) >= 11 is 3.31. The number of piperidine rings is 1. The third kappa shape index (κ3) is 3.75. The van der Waals surface area contributed by atoms with E-state index < -0.39 is 0 Å². The van der Waals surface area contributed by atoms with Crippen LogP contribution in [0, 0.1) is 19.8 Å². The largest absolute Gasteiger partial charge is 0.329 e. The van der Waals surface area contributed by atoms with Crippen LogP contribution in [0.5, 0.6) is 0 Å². The Morgan fingerprint density at radius 1 is 1.15 bits per heavy atom. The average molecular weight is 387 g/mol. The van der Waals surface area contributed by atoms with Crippen LogP contribution in [0.3, 0.4) is 0 Å². The highest BCUT2D eigenvalue weighted by atomic mass is 32.2. The number of likely N-dealkylation sites (tertiary alicyclic amines) is 1. The summed E-state index contributed by atoms with van der Waals surface area (Å²) in [4.78, 5) is 22.6. The van der Waals surface area contributed by atoms with Crippen molar-refractivity contribution in [1.29, 1.82) is 0 Å². The molecule has 0 unspecified atom stereocenters. The average Bonchev–Trinajstić information content (AvgIpc) is 2.92. The number of nitrogens with one attached hydrogen (secondary N) is 1. The molecule has 1 fully saturated rings. The second kappa shape index (κ2) is 7.58. The number of hydrogen-bond acceptors (Lipinski definition) is 6. The zero-order valence-electron chi connectivity index (χ0n) is 15.5. The van der Waals surface area contributed by atoms with E-state index in [1.165, 1.54) is 36.4 Å². The van der Waals surface area contributed by atoms with Crippen LogP contribution in [0.25, 0.3) is 10.2 Å². The maximum Gasteiger partial charge on any atom is 0.193 e. The zero-order chi connectivity index (χ0) is 18.1. The lowest BCUT2D eigenvalue weighted by molar-refractivity contribution is -0.920. The molecule has 1 aliphatic rings. The van der Waals surface area contributed by atoms with Crippen LogP contribution < -0.4 is 4.90 Å². The maximum atomic E-state index is 4.94. The summed E-state index contributed by atoms with van der Waals surface area (Å²) in [6.45, 7) is 10.0. The van der Waals surface area contributed by atoms with Crippen LogP contribution in [0.15, 0.2) is 28.6 Å². The van der Waals surface area contributed by atoms with Crippen LogP contribution >= 0.6 is 23.1 Å². The molecule has 1 aliphatic heterocycles. The lowest BCUT2D eigenvalue weighted by Crippen LogP contribution is -3.11. The van der Waals surface area contributed by atoms with Crippen molar-refractivity contribution in [2.75, 3.05) is 13.1 Å². The van der Waals surface area contributed by atoms with Crippen molar-refractivity contribution in [3.63, 3.8) is 0 Å². The fourth-order valence-electron chi connectivity index (χ4n) is 3.40. The van der Waals surface area contributed by atoms with Crippen molar-refractivity contribution < 1.29 is 4.90 Å². The normalized spacial score (nSPS) is 20.6. The topological polar surface area (TPSA) is 56.0 Å². The van der Waals surface area contributed by atoms with E-state index in [0.29, 0.717) is 0 Å². The van der Waals surface area contributed by atoms with E-state index in [2.05, 4.69) is 30.7 Å². The summed E-state index contributed by atoms with van der Waals surface area (Å²) in [5.41, 5.74) is 1.27. The molecule has 4 heterocycles. The highest BCUT2D eigenvalue weighted by molar-refractivity contribution is 7.99.